The Hall–Kier alpha value is -0.810. The maximum atomic E-state index is 11.6. The molecule has 0 spiro atoms. The van der Waals surface area contributed by atoms with Gasteiger partial charge in [-0.25, -0.2) is 4.79 Å². The van der Waals surface area contributed by atoms with Gasteiger partial charge in [-0.1, -0.05) is 0 Å². The first-order valence-electron chi connectivity index (χ1n) is 6.15. The van der Waals surface area contributed by atoms with Crippen LogP contribution in [-0.2, 0) is 4.74 Å². The molecule has 2 atom stereocenters. The van der Waals surface area contributed by atoms with Crippen LogP contribution >= 0.6 is 0 Å². The maximum Gasteiger partial charge on any atom is 0.315 e. The van der Waals surface area contributed by atoms with Gasteiger partial charge in [0.15, 0.2) is 0 Å². The number of nitrogens with one attached hydrogen (secondary N) is 2. The zero-order chi connectivity index (χ0) is 11.4. The average molecular weight is 227 g/mol. The topological polar surface area (TPSA) is 76.4 Å². The molecule has 2 rings (SSSR count). The molecule has 0 aromatic rings. The molecule has 0 aromatic heterocycles. The summed E-state index contributed by atoms with van der Waals surface area (Å²) < 4.78 is 5.43. The fraction of sp³-hybridized carbons (Fsp3) is 0.909. The van der Waals surface area contributed by atoms with E-state index in [1.165, 1.54) is 12.8 Å². The second-order valence-electron chi connectivity index (χ2n) is 4.67. The molecular weight excluding hydrogens is 206 g/mol. The van der Waals surface area contributed by atoms with Crippen LogP contribution in [0.5, 0.6) is 0 Å². The largest absolute Gasteiger partial charge is 0.376 e. The number of carbonyl (C=O) groups is 1. The molecule has 1 saturated carbocycles. The number of nitrogens with two attached hydrogens (primary N) is 1. The van der Waals surface area contributed by atoms with Gasteiger partial charge in [0.1, 0.15) is 0 Å². The van der Waals surface area contributed by atoms with Gasteiger partial charge >= 0.3 is 6.03 Å². The first-order valence-corrected chi connectivity index (χ1v) is 6.15. The molecule has 2 fully saturated rings. The lowest BCUT2D eigenvalue weighted by Crippen LogP contribution is -2.48. The Morgan fingerprint density at radius 1 is 1.44 bits per heavy atom. The summed E-state index contributed by atoms with van der Waals surface area (Å²) in [6.45, 7) is 1.95. The van der Waals surface area contributed by atoms with Gasteiger partial charge in [0.25, 0.3) is 0 Å². The van der Waals surface area contributed by atoms with E-state index in [4.69, 9.17) is 10.5 Å². The van der Waals surface area contributed by atoms with Crippen molar-refractivity contribution in [2.75, 3.05) is 19.7 Å². The highest BCUT2D eigenvalue weighted by molar-refractivity contribution is 5.74. The van der Waals surface area contributed by atoms with Crippen molar-refractivity contribution < 1.29 is 9.53 Å². The number of ether oxygens (including phenoxy) is 1. The number of amides is 2. The molecule has 16 heavy (non-hydrogen) atoms. The maximum absolute atomic E-state index is 11.6. The Kier molecular flexibility index (Phi) is 4.01. The van der Waals surface area contributed by atoms with Crippen LogP contribution in [0.3, 0.4) is 0 Å². The normalized spacial score (nSPS) is 26.4. The van der Waals surface area contributed by atoms with Gasteiger partial charge in [-0.3, -0.25) is 0 Å². The van der Waals surface area contributed by atoms with E-state index in [9.17, 15) is 4.79 Å². The third-order valence-electron chi connectivity index (χ3n) is 3.28. The van der Waals surface area contributed by atoms with Crippen molar-refractivity contribution in [3.05, 3.63) is 0 Å². The van der Waals surface area contributed by atoms with E-state index < -0.39 is 0 Å². The fourth-order valence-electron chi connectivity index (χ4n) is 2.10. The molecular formula is C11H21N3O2. The van der Waals surface area contributed by atoms with Crippen LogP contribution in [0.25, 0.3) is 0 Å². The molecule has 0 aromatic carbocycles. The van der Waals surface area contributed by atoms with Crippen molar-refractivity contribution in [2.24, 2.45) is 11.7 Å². The smallest absolute Gasteiger partial charge is 0.315 e. The first-order chi connectivity index (χ1) is 7.79. The minimum absolute atomic E-state index is 0.113. The highest BCUT2D eigenvalue weighted by Gasteiger charge is 2.31. The van der Waals surface area contributed by atoms with Gasteiger partial charge in [0.05, 0.1) is 6.10 Å². The Morgan fingerprint density at radius 2 is 2.25 bits per heavy atom. The predicted molar refractivity (Wildman–Crippen MR) is 61.1 cm³/mol. The zero-order valence-corrected chi connectivity index (χ0v) is 9.58. The van der Waals surface area contributed by atoms with E-state index in [0.29, 0.717) is 19.0 Å². The molecule has 2 unspecified atom stereocenters. The summed E-state index contributed by atoms with van der Waals surface area (Å²) >= 11 is 0. The minimum atomic E-state index is -0.113. The van der Waals surface area contributed by atoms with Crippen molar-refractivity contribution in [3.8, 4) is 0 Å². The summed E-state index contributed by atoms with van der Waals surface area (Å²) in [5, 5.41) is 5.76. The van der Waals surface area contributed by atoms with Gasteiger partial charge in [-0.2, -0.15) is 0 Å². The van der Waals surface area contributed by atoms with Gasteiger partial charge in [-0.15, -0.1) is 0 Å². The van der Waals surface area contributed by atoms with Crippen molar-refractivity contribution >= 4 is 6.03 Å². The summed E-state index contributed by atoms with van der Waals surface area (Å²) in [7, 11) is 0. The Labute approximate surface area is 96.1 Å². The van der Waals surface area contributed by atoms with Gasteiger partial charge in [0.2, 0.25) is 0 Å². The van der Waals surface area contributed by atoms with Crippen LogP contribution in [0.1, 0.15) is 25.7 Å². The molecule has 4 N–H and O–H groups in total. The molecule has 1 heterocycles. The highest BCUT2D eigenvalue weighted by Crippen LogP contribution is 2.32. The number of carbonyl (C=O) groups excluding carboxylic acids is 1. The van der Waals surface area contributed by atoms with E-state index >= 15 is 0 Å². The molecule has 1 aliphatic carbocycles. The lowest BCUT2D eigenvalue weighted by molar-refractivity contribution is 0.111. The zero-order valence-electron chi connectivity index (χ0n) is 9.58. The Balaban J connectivity index is 1.62. The second-order valence-corrected chi connectivity index (χ2v) is 4.67. The SMILES string of the molecule is NCC(NC(=O)NCC1CCCO1)C1CC1. The molecule has 1 saturated heterocycles. The fourth-order valence-corrected chi connectivity index (χ4v) is 2.10. The molecule has 92 valence electrons. The Morgan fingerprint density at radius 3 is 2.81 bits per heavy atom. The lowest BCUT2D eigenvalue weighted by atomic mass is 10.2. The number of hydrogen-bond donors (Lipinski definition) is 3. The standard InChI is InChI=1S/C11H21N3O2/c12-6-10(8-3-4-8)14-11(15)13-7-9-2-1-5-16-9/h8-10H,1-7,12H2,(H2,13,14,15). The number of rotatable bonds is 5. The molecule has 1 aliphatic heterocycles. The monoisotopic (exact) mass is 227 g/mol. The van der Waals surface area contributed by atoms with Crippen LogP contribution in [0.15, 0.2) is 0 Å². The molecule has 5 nitrogen and oxygen atoms in total. The summed E-state index contributed by atoms with van der Waals surface area (Å²) in [5.74, 6) is 0.596. The quantitative estimate of drug-likeness (QED) is 0.628. The van der Waals surface area contributed by atoms with E-state index in [0.717, 1.165) is 19.4 Å². The molecule has 0 radical (unpaired) electrons. The highest BCUT2D eigenvalue weighted by atomic mass is 16.5. The lowest BCUT2D eigenvalue weighted by Gasteiger charge is -2.17. The Bertz CT molecular complexity index is 237. The average Bonchev–Trinajstić information content (AvgIpc) is 3.00. The van der Waals surface area contributed by atoms with E-state index in [1.807, 2.05) is 0 Å². The summed E-state index contributed by atoms with van der Waals surface area (Å²) in [6, 6.07) is 0.0300. The molecule has 0 bridgehead atoms. The summed E-state index contributed by atoms with van der Waals surface area (Å²) in [6.07, 6.45) is 4.72. The van der Waals surface area contributed by atoms with Crippen LogP contribution < -0.4 is 16.4 Å². The summed E-state index contributed by atoms with van der Waals surface area (Å²) in [4.78, 5) is 11.6. The van der Waals surface area contributed by atoms with E-state index in [2.05, 4.69) is 10.6 Å². The minimum Gasteiger partial charge on any atom is -0.376 e. The molecule has 2 aliphatic rings. The molecule has 2 amide bonds. The van der Waals surface area contributed by atoms with Crippen molar-refractivity contribution in [1.29, 1.82) is 0 Å². The predicted octanol–water partition coefficient (Wildman–Crippen LogP) is 0.202. The van der Waals surface area contributed by atoms with Gasteiger partial charge in [-0.05, 0) is 31.6 Å². The first kappa shape index (κ1) is 11.7. The van der Waals surface area contributed by atoms with Crippen molar-refractivity contribution in [3.63, 3.8) is 0 Å². The van der Waals surface area contributed by atoms with Crippen LogP contribution in [-0.4, -0.2) is 37.9 Å². The third-order valence-corrected chi connectivity index (χ3v) is 3.28. The van der Waals surface area contributed by atoms with Gasteiger partial charge in [0, 0.05) is 25.7 Å². The van der Waals surface area contributed by atoms with Crippen LogP contribution in [0.2, 0.25) is 0 Å². The number of urea groups is 1. The second kappa shape index (κ2) is 5.50. The van der Waals surface area contributed by atoms with Crippen LogP contribution in [0, 0.1) is 5.92 Å². The van der Waals surface area contributed by atoms with Crippen molar-refractivity contribution in [1.82, 2.24) is 10.6 Å². The molecule has 5 heteroatoms. The third kappa shape index (κ3) is 3.35. The van der Waals surface area contributed by atoms with Crippen LogP contribution in [0.4, 0.5) is 4.79 Å². The summed E-state index contributed by atoms with van der Waals surface area (Å²) in [5.41, 5.74) is 5.61. The van der Waals surface area contributed by atoms with Crippen molar-refractivity contribution in [2.45, 2.75) is 37.8 Å². The van der Waals surface area contributed by atoms with Gasteiger partial charge < -0.3 is 21.1 Å². The number of hydrogen-bond acceptors (Lipinski definition) is 3. The van der Waals surface area contributed by atoms with E-state index in [1.54, 1.807) is 0 Å². The van der Waals surface area contributed by atoms with E-state index in [-0.39, 0.29) is 18.2 Å².